The summed E-state index contributed by atoms with van der Waals surface area (Å²) in [5.41, 5.74) is 3.70. The van der Waals surface area contributed by atoms with E-state index in [0.717, 1.165) is 22.4 Å². The number of hydrogen-bond donors (Lipinski definition) is 1. The monoisotopic (exact) mass is 403 g/mol. The molecule has 0 amide bonds. The van der Waals surface area contributed by atoms with Gasteiger partial charge in [0.2, 0.25) is 11.9 Å². The van der Waals surface area contributed by atoms with E-state index < -0.39 is 5.92 Å². The Labute approximate surface area is 168 Å². The van der Waals surface area contributed by atoms with E-state index in [4.69, 9.17) is 0 Å². The minimum Gasteiger partial charge on any atom is -0.354 e. The standard InChI is InChI=1S/C21H20F3N5.2H2/c22-17-9-14(12-29-8-7-25-19(17)29)15-1-2-18-16(15)11-27-20(28-18)26-10-13-3-5-21(23,24)6-4-13;;/h1,7-9,11-13H,2-6,10H2,(H,26,27,28);2*1H. The van der Waals surface area contributed by atoms with Crippen LogP contribution in [-0.4, -0.2) is 31.8 Å². The first kappa shape index (κ1) is 18.1. The van der Waals surface area contributed by atoms with E-state index in [2.05, 4.69) is 20.3 Å². The summed E-state index contributed by atoms with van der Waals surface area (Å²) >= 11 is 0. The van der Waals surface area contributed by atoms with Crippen molar-refractivity contribution in [3.8, 4) is 0 Å². The maximum atomic E-state index is 14.3. The fourth-order valence-electron chi connectivity index (χ4n) is 4.14. The van der Waals surface area contributed by atoms with Crippen molar-refractivity contribution in [2.45, 2.75) is 38.0 Å². The van der Waals surface area contributed by atoms with Crippen molar-refractivity contribution in [2.24, 2.45) is 5.92 Å². The predicted octanol–water partition coefficient (Wildman–Crippen LogP) is 4.98. The Morgan fingerprint density at radius 3 is 2.90 bits per heavy atom. The van der Waals surface area contributed by atoms with Crippen LogP contribution in [0.25, 0.3) is 11.2 Å². The van der Waals surface area contributed by atoms with Crippen LogP contribution in [0, 0.1) is 11.7 Å². The number of halogens is 3. The molecule has 3 aromatic heterocycles. The zero-order valence-electron chi connectivity index (χ0n) is 15.7. The minimum absolute atomic E-state index is 0. The lowest BCUT2D eigenvalue weighted by Crippen LogP contribution is -2.28. The molecule has 1 saturated carbocycles. The Balaban J connectivity index is 0.00000136. The fraction of sp³-hybridized carbons (Fsp3) is 0.381. The summed E-state index contributed by atoms with van der Waals surface area (Å²) in [7, 11) is 0. The molecule has 1 fully saturated rings. The van der Waals surface area contributed by atoms with Gasteiger partial charge in [0, 0.05) is 64.6 Å². The van der Waals surface area contributed by atoms with Gasteiger partial charge in [-0.2, -0.15) is 0 Å². The molecule has 0 aliphatic heterocycles. The maximum absolute atomic E-state index is 14.3. The van der Waals surface area contributed by atoms with Gasteiger partial charge in [-0.15, -0.1) is 0 Å². The zero-order chi connectivity index (χ0) is 20.0. The highest BCUT2D eigenvalue weighted by Gasteiger charge is 2.34. The topological polar surface area (TPSA) is 55.1 Å². The van der Waals surface area contributed by atoms with Crippen molar-refractivity contribution in [2.75, 3.05) is 11.9 Å². The second kappa shape index (κ2) is 6.86. The molecule has 2 aliphatic carbocycles. The molecule has 154 valence electrons. The number of nitrogens with zero attached hydrogens (tertiary/aromatic N) is 4. The van der Waals surface area contributed by atoms with Gasteiger partial charge in [0.15, 0.2) is 11.5 Å². The minimum atomic E-state index is -2.51. The first-order chi connectivity index (χ1) is 14.0. The molecule has 0 bridgehead atoms. The van der Waals surface area contributed by atoms with E-state index in [9.17, 15) is 13.2 Å². The summed E-state index contributed by atoms with van der Waals surface area (Å²) in [5, 5.41) is 3.19. The molecular formula is C21H24F3N5. The molecule has 8 heteroatoms. The van der Waals surface area contributed by atoms with Crippen molar-refractivity contribution < 1.29 is 16.0 Å². The third-order valence-corrected chi connectivity index (χ3v) is 5.80. The molecule has 3 heterocycles. The number of alkyl halides is 2. The highest BCUT2D eigenvalue weighted by atomic mass is 19.3. The Morgan fingerprint density at radius 1 is 1.24 bits per heavy atom. The summed E-state index contributed by atoms with van der Waals surface area (Å²) < 4.78 is 42.5. The average Bonchev–Trinajstić information content (AvgIpc) is 3.33. The lowest BCUT2D eigenvalue weighted by Gasteiger charge is -2.28. The number of nitrogens with one attached hydrogen (secondary N) is 1. The summed E-state index contributed by atoms with van der Waals surface area (Å²) in [4.78, 5) is 13.0. The quantitative estimate of drug-likeness (QED) is 0.668. The first-order valence-electron chi connectivity index (χ1n) is 9.79. The van der Waals surface area contributed by atoms with E-state index in [1.165, 1.54) is 6.07 Å². The molecule has 5 nitrogen and oxygen atoms in total. The number of hydrogen-bond acceptors (Lipinski definition) is 4. The van der Waals surface area contributed by atoms with E-state index in [1.54, 1.807) is 23.0 Å². The van der Waals surface area contributed by atoms with Crippen LogP contribution in [0.3, 0.4) is 0 Å². The lowest BCUT2D eigenvalue weighted by atomic mass is 9.87. The maximum Gasteiger partial charge on any atom is 0.248 e. The van der Waals surface area contributed by atoms with Crippen LogP contribution in [0.15, 0.2) is 36.9 Å². The van der Waals surface area contributed by atoms with E-state index in [1.807, 2.05) is 12.3 Å². The molecule has 3 aromatic rings. The van der Waals surface area contributed by atoms with Gasteiger partial charge in [0.05, 0.1) is 5.69 Å². The summed E-state index contributed by atoms with van der Waals surface area (Å²) in [6.45, 7) is 0.595. The van der Waals surface area contributed by atoms with Crippen molar-refractivity contribution >= 4 is 17.2 Å². The fourth-order valence-corrected chi connectivity index (χ4v) is 4.14. The molecular weight excluding hydrogens is 379 g/mol. The van der Waals surface area contributed by atoms with E-state index in [0.29, 0.717) is 37.4 Å². The normalized spacial score (nSPS) is 18.7. The van der Waals surface area contributed by atoms with Gasteiger partial charge in [-0.1, -0.05) is 6.08 Å². The van der Waals surface area contributed by atoms with Crippen LogP contribution in [0.5, 0.6) is 0 Å². The molecule has 0 atom stereocenters. The van der Waals surface area contributed by atoms with Crippen LogP contribution in [0.1, 0.15) is 45.4 Å². The van der Waals surface area contributed by atoms with Crippen molar-refractivity contribution in [1.82, 2.24) is 19.4 Å². The molecule has 2 aliphatic rings. The Bertz CT molecular complexity index is 1110. The number of imidazole rings is 1. The van der Waals surface area contributed by atoms with E-state index >= 15 is 0 Å². The number of anilines is 1. The predicted molar refractivity (Wildman–Crippen MR) is 108 cm³/mol. The van der Waals surface area contributed by atoms with Gasteiger partial charge in [-0.3, -0.25) is 0 Å². The molecule has 29 heavy (non-hydrogen) atoms. The van der Waals surface area contributed by atoms with Gasteiger partial charge < -0.3 is 9.72 Å². The third-order valence-electron chi connectivity index (χ3n) is 5.80. The van der Waals surface area contributed by atoms with Crippen molar-refractivity contribution in [3.63, 3.8) is 0 Å². The van der Waals surface area contributed by atoms with Crippen molar-refractivity contribution in [1.29, 1.82) is 0 Å². The van der Waals surface area contributed by atoms with Crippen molar-refractivity contribution in [3.05, 3.63) is 59.6 Å². The van der Waals surface area contributed by atoms with E-state index in [-0.39, 0.29) is 27.4 Å². The van der Waals surface area contributed by atoms with Gasteiger partial charge in [-0.05, 0) is 30.4 Å². The van der Waals surface area contributed by atoms with Gasteiger partial charge in [-0.25, -0.2) is 28.1 Å². The van der Waals surface area contributed by atoms with Crippen LogP contribution >= 0.6 is 0 Å². The zero-order valence-corrected chi connectivity index (χ0v) is 15.7. The molecule has 0 unspecified atom stereocenters. The number of pyridine rings is 1. The highest BCUT2D eigenvalue weighted by molar-refractivity contribution is 5.84. The number of rotatable bonds is 4. The Hall–Kier alpha value is -2.90. The summed E-state index contributed by atoms with van der Waals surface area (Å²) in [6, 6.07) is 1.48. The van der Waals surface area contributed by atoms with Gasteiger partial charge >= 0.3 is 0 Å². The summed E-state index contributed by atoms with van der Waals surface area (Å²) in [5.74, 6) is -2.17. The molecule has 5 rings (SSSR count). The molecule has 0 aromatic carbocycles. The SMILES string of the molecule is Fc1cc(C2=CCc3nc(NCC4CCC(F)(F)CC4)ncc32)cn2ccnc12.[HH].[HH]. The number of allylic oxidation sites excluding steroid dienone is 1. The largest absolute Gasteiger partial charge is 0.354 e. The summed E-state index contributed by atoms with van der Waals surface area (Å²) in [6.07, 6.45) is 10.5. The number of aromatic nitrogens is 4. The van der Waals surface area contributed by atoms with Crippen LogP contribution < -0.4 is 5.32 Å². The third kappa shape index (κ3) is 3.47. The molecule has 0 saturated heterocycles. The number of fused-ring (bicyclic) bond motifs is 2. The molecule has 0 radical (unpaired) electrons. The Morgan fingerprint density at radius 2 is 2.07 bits per heavy atom. The molecule has 0 spiro atoms. The van der Waals surface area contributed by atoms with Gasteiger partial charge in [0.25, 0.3) is 0 Å². The average molecular weight is 403 g/mol. The van der Waals surface area contributed by atoms with Crippen LogP contribution in [0.2, 0.25) is 0 Å². The Kier molecular flexibility index (Phi) is 4.29. The molecule has 1 N–H and O–H groups in total. The second-order valence-electron chi connectivity index (χ2n) is 7.79. The lowest BCUT2D eigenvalue weighted by molar-refractivity contribution is -0.0443. The van der Waals surface area contributed by atoms with Crippen LogP contribution in [0.4, 0.5) is 19.1 Å². The van der Waals surface area contributed by atoms with Gasteiger partial charge in [0.1, 0.15) is 0 Å². The second-order valence-corrected chi connectivity index (χ2v) is 7.79. The highest BCUT2D eigenvalue weighted by Crippen LogP contribution is 2.36. The smallest absolute Gasteiger partial charge is 0.248 e. The van der Waals surface area contributed by atoms with Crippen LogP contribution in [-0.2, 0) is 6.42 Å². The first-order valence-corrected chi connectivity index (χ1v) is 9.79.